The minimum absolute atomic E-state index is 0.0318. The van der Waals surface area contributed by atoms with Gasteiger partial charge in [0.05, 0.1) is 29.7 Å². The molecule has 40 heavy (non-hydrogen) atoms. The summed E-state index contributed by atoms with van der Waals surface area (Å²) in [6.45, 7) is 5.90. The van der Waals surface area contributed by atoms with Crippen LogP contribution in [-0.4, -0.2) is 60.2 Å². The molecule has 1 aromatic carbocycles. The zero-order valence-corrected chi connectivity index (χ0v) is 23.1. The van der Waals surface area contributed by atoms with Crippen molar-refractivity contribution in [1.29, 1.82) is 0 Å². The first-order valence-electron chi connectivity index (χ1n) is 14.2. The maximum absolute atomic E-state index is 13.8. The Kier molecular flexibility index (Phi) is 6.64. The number of aromatic nitrogens is 1. The predicted molar refractivity (Wildman–Crippen MR) is 153 cm³/mol. The molecular formula is C30H37F2N5O3. The molecule has 3 fully saturated rings. The summed E-state index contributed by atoms with van der Waals surface area (Å²) in [4.78, 5) is 22.5. The number of aliphatic hydroxyl groups excluding tert-OH is 1. The summed E-state index contributed by atoms with van der Waals surface area (Å²) in [6.07, 6.45) is 5.86. The number of halogens is 2. The third kappa shape index (κ3) is 5.46. The number of hydrogen-bond donors (Lipinski definition) is 3. The van der Waals surface area contributed by atoms with Crippen LogP contribution in [0.3, 0.4) is 0 Å². The number of carbonyl (C=O) groups is 1. The lowest BCUT2D eigenvalue weighted by Gasteiger charge is -2.35. The molecule has 1 aliphatic carbocycles. The maximum atomic E-state index is 13.8. The summed E-state index contributed by atoms with van der Waals surface area (Å²) < 4.78 is 33.3. The second-order valence-electron chi connectivity index (χ2n) is 12.4. The number of alkyl halides is 2. The lowest BCUT2D eigenvalue weighted by atomic mass is 9.93. The van der Waals surface area contributed by atoms with Gasteiger partial charge in [-0.1, -0.05) is 0 Å². The van der Waals surface area contributed by atoms with E-state index < -0.39 is 11.5 Å². The molecule has 2 aliphatic heterocycles. The zero-order valence-electron chi connectivity index (χ0n) is 23.1. The van der Waals surface area contributed by atoms with Gasteiger partial charge in [0.1, 0.15) is 5.82 Å². The summed E-state index contributed by atoms with van der Waals surface area (Å²) in [7, 11) is 0. The standard InChI is InChI=1S/C30H37F2N5O3/c1-28(2,19-38)35-21-3-4-22(23(18-21)36-12-8-29(6-7-29)9-13-36)27(39)34-24-17-20-5-16-40-25(20)26(33-24)37-14-10-30(31,32)11-15-37/h3-5,16-18,35,38H,6-15,19H2,1-2H3,(H,33,34,39). The van der Waals surface area contributed by atoms with Crippen LogP contribution in [0.15, 0.2) is 41.0 Å². The highest BCUT2D eigenvalue weighted by molar-refractivity contribution is 6.09. The van der Waals surface area contributed by atoms with Crippen molar-refractivity contribution in [1.82, 2.24) is 4.98 Å². The predicted octanol–water partition coefficient (Wildman–Crippen LogP) is 5.88. The van der Waals surface area contributed by atoms with Gasteiger partial charge in [-0.3, -0.25) is 4.79 Å². The van der Waals surface area contributed by atoms with E-state index in [0.717, 1.165) is 42.7 Å². The third-order valence-electron chi connectivity index (χ3n) is 8.70. The van der Waals surface area contributed by atoms with Gasteiger partial charge < -0.3 is 30.0 Å². The Bertz CT molecular complexity index is 1400. The summed E-state index contributed by atoms with van der Waals surface area (Å²) >= 11 is 0. The average Bonchev–Trinajstić information content (AvgIpc) is 3.50. The second-order valence-corrected chi connectivity index (χ2v) is 12.4. The summed E-state index contributed by atoms with van der Waals surface area (Å²) in [5, 5.41) is 16.8. The monoisotopic (exact) mass is 553 g/mol. The van der Waals surface area contributed by atoms with Crippen LogP contribution in [-0.2, 0) is 0 Å². The van der Waals surface area contributed by atoms with Crippen LogP contribution in [0.2, 0.25) is 0 Å². The molecule has 8 nitrogen and oxygen atoms in total. The lowest BCUT2D eigenvalue weighted by molar-refractivity contribution is -0.0221. The fourth-order valence-electron chi connectivity index (χ4n) is 5.86. The van der Waals surface area contributed by atoms with Crippen LogP contribution in [0.25, 0.3) is 11.0 Å². The molecule has 1 saturated carbocycles. The molecule has 0 radical (unpaired) electrons. The van der Waals surface area contributed by atoms with Gasteiger partial charge in [0.2, 0.25) is 0 Å². The van der Waals surface area contributed by atoms with Crippen molar-refractivity contribution in [2.24, 2.45) is 5.41 Å². The molecule has 6 rings (SSSR count). The molecule has 10 heteroatoms. The van der Waals surface area contributed by atoms with Crippen molar-refractivity contribution in [3.8, 4) is 0 Å². The molecule has 0 bridgehead atoms. The number of nitrogens with one attached hydrogen (secondary N) is 2. The Morgan fingerprint density at radius 2 is 1.73 bits per heavy atom. The van der Waals surface area contributed by atoms with Gasteiger partial charge in [-0.15, -0.1) is 0 Å². The smallest absolute Gasteiger partial charge is 0.258 e. The Hall–Kier alpha value is -3.40. The van der Waals surface area contributed by atoms with E-state index in [4.69, 9.17) is 4.42 Å². The number of nitrogens with zero attached hydrogens (tertiary/aromatic N) is 3. The molecule has 3 N–H and O–H groups in total. The molecule has 214 valence electrons. The fraction of sp³-hybridized carbons (Fsp3) is 0.533. The van der Waals surface area contributed by atoms with E-state index in [1.165, 1.54) is 12.8 Å². The van der Waals surface area contributed by atoms with Gasteiger partial charge in [-0.2, -0.15) is 0 Å². The van der Waals surface area contributed by atoms with Crippen LogP contribution in [0, 0.1) is 5.41 Å². The van der Waals surface area contributed by atoms with Crippen molar-refractivity contribution in [2.45, 2.75) is 63.8 Å². The molecule has 0 unspecified atom stereocenters. The fourth-order valence-corrected chi connectivity index (χ4v) is 5.86. The highest BCUT2D eigenvalue weighted by Crippen LogP contribution is 2.54. The Labute approximate surface area is 232 Å². The SMILES string of the molecule is CC(C)(CO)Nc1ccc(C(=O)Nc2cc3ccoc3c(N3CCC(F)(F)CC3)n2)c(N2CCC3(CC2)CC3)c1. The quantitative estimate of drug-likeness (QED) is 0.337. The summed E-state index contributed by atoms with van der Waals surface area (Å²) in [5.74, 6) is -2.16. The van der Waals surface area contributed by atoms with E-state index >= 15 is 0 Å². The number of rotatable bonds is 7. The summed E-state index contributed by atoms with van der Waals surface area (Å²) in [6, 6.07) is 9.18. The number of benzene rings is 1. The minimum Gasteiger partial charge on any atom is -0.460 e. The minimum atomic E-state index is -2.68. The topological polar surface area (TPSA) is 93.9 Å². The zero-order chi connectivity index (χ0) is 28.1. The lowest BCUT2D eigenvalue weighted by Crippen LogP contribution is -2.39. The molecule has 4 heterocycles. The molecule has 2 saturated heterocycles. The largest absolute Gasteiger partial charge is 0.460 e. The maximum Gasteiger partial charge on any atom is 0.258 e. The first kappa shape index (κ1) is 26.8. The van der Waals surface area contributed by atoms with Crippen LogP contribution in [0.4, 0.5) is 31.8 Å². The number of hydrogen-bond acceptors (Lipinski definition) is 7. The van der Waals surface area contributed by atoms with Crippen molar-refractivity contribution in [2.75, 3.05) is 53.2 Å². The Morgan fingerprint density at radius 1 is 1.02 bits per heavy atom. The molecule has 0 atom stereocenters. The molecule has 2 aromatic heterocycles. The summed E-state index contributed by atoms with van der Waals surface area (Å²) in [5.41, 5.74) is 2.71. The first-order valence-corrected chi connectivity index (χ1v) is 14.2. The number of carbonyl (C=O) groups excluding carboxylic acids is 1. The number of furan rings is 1. The number of anilines is 4. The molecule has 1 amide bonds. The highest BCUT2D eigenvalue weighted by atomic mass is 19.3. The van der Waals surface area contributed by atoms with E-state index in [-0.39, 0.29) is 38.4 Å². The Morgan fingerprint density at radius 3 is 2.40 bits per heavy atom. The van der Waals surface area contributed by atoms with Crippen LogP contribution >= 0.6 is 0 Å². The van der Waals surface area contributed by atoms with E-state index in [9.17, 15) is 18.7 Å². The van der Waals surface area contributed by atoms with Crippen molar-refractivity contribution < 1.29 is 23.1 Å². The molecular weight excluding hydrogens is 516 g/mol. The van der Waals surface area contributed by atoms with Gasteiger partial charge in [0.25, 0.3) is 11.8 Å². The highest BCUT2D eigenvalue weighted by Gasteiger charge is 2.44. The van der Waals surface area contributed by atoms with E-state index in [1.54, 1.807) is 23.3 Å². The Balaban J connectivity index is 1.29. The van der Waals surface area contributed by atoms with Gasteiger partial charge in [-0.05, 0) is 75.3 Å². The van der Waals surface area contributed by atoms with Gasteiger partial charge in [0, 0.05) is 50.1 Å². The number of pyridine rings is 1. The number of aliphatic hydroxyl groups is 1. The third-order valence-corrected chi connectivity index (χ3v) is 8.70. The van der Waals surface area contributed by atoms with Crippen molar-refractivity contribution >= 4 is 39.9 Å². The van der Waals surface area contributed by atoms with Gasteiger partial charge >= 0.3 is 0 Å². The second kappa shape index (κ2) is 9.90. The van der Waals surface area contributed by atoms with E-state index in [2.05, 4.69) is 20.5 Å². The van der Waals surface area contributed by atoms with Crippen LogP contribution in [0.1, 0.15) is 62.7 Å². The average molecular weight is 554 g/mol. The molecule has 3 aromatic rings. The van der Waals surface area contributed by atoms with E-state index in [0.29, 0.717) is 28.2 Å². The normalized spacial score (nSPS) is 20.1. The van der Waals surface area contributed by atoms with Crippen molar-refractivity contribution in [3.05, 3.63) is 42.2 Å². The number of amides is 1. The number of piperidine rings is 2. The first-order chi connectivity index (χ1) is 19.1. The number of fused-ring (bicyclic) bond motifs is 1. The molecule has 3 aliphatic rings. The van der Waals surface area contributed by atoms with Gasteiger partial charge in [-0.25, -0.2) is 13.8 Å². The van der Waals surface area contributed by atoms with E-state index in [1.807, 2.05) is 32.0 Å². The molecule has 1 spiro atoms. The van der Waals surface area contributed by atoms with Crippen LogP contribution in [0.5, 0.6) is 0 Å². The van der Waals surface area contributed by atoms with Gasteiger partial charge in [0.15, 0.2) is 11.4 Å². The van der Waals surface area contributed by atoms with Crippen molar-refractivity contribution in [3.63, 3.8) is 0 Å². The van der Waals surface area contributed by atoms with Crippen LogP contribution < -0.4 is 20.4 Å².